The molecular weight excluding hydrogens is 240 g/mol. The van der Waals surface area contributed by atoms with Crippen LogP contribution in [-0.2, 0) is 0 Å². The van der Waals surface area contributed by atoms with Gasteiger partial charge in [-0.05, 0) is 36.8 Å². The molecule has 0 fully saturated rings. The molecule has 0 aromatic heterocycles. The molecule has 2 atom stereocenters. The molecule has 0 aliphatic carbocycles. The van der Waals surface area contributed by atoms with Crippen molar-refractivity contribution in [3.05, 3.63) is 29.3 Å². The van der Waals surface area contributed by atoms with Gasteiger partial charge < -0.3 is 15.3 Å². The maximum absolute atomic E-state index is 11.1. The van der Waals surface area contributed by atoms with Crippen molar-refractivity contribution in [3.63, 3.8) is 0 Å². The lowest BCUT2D eigenvalue weighted by atomic mass is 9.99. The fraction of sp³-hybridized carbons (Fsp3) is 0.417. The highest BCUT2D eigenvalue weighted by molar-refractivity contribution is 7.80. The third-order valence-corrected chi connectivity index (χ3v) is 2.79. The van der Waals surface area contributed by atoms with Gasteiger partial charge in [-0.15, -0.1) is 0 Å². The van der Waals surface area contributed by atoms with Crippen molar-refractivity contribution >= 4 is 18.4 Å². The summed E-state index contributed by atoms with van der Waals surface area (Å²) in [6.45, 7) is 1.35. The summed E-state index contributed by atoms with van der Waals surface area (Å²) in [5.41, 5.74) is 0.575. The summed E-state index contributed by atoms with van der Waals surface area (Å²) in [6, 6.07) is 4.25. The van der Waals surface area contributed by atoms with Crippen molar-refractivity contribution in [3.8, 4) is 5.75 Å². The summed E-state index contributed by atoms with van der Waals surface area (Å²) in [4.78, 5) is 11.1. The second-order valence-electron chi connectivity index (χ2n) is 3.86. The van der Waals surface area contributed by atoms with E-state index in [-0.39, 0.29) is 17.1 Å². The van der Waals surface area contributed by atoms with Gasteiger partial charge in [-0.1, -0.05) is 6.07 Å². The normalized spacial score (nSPS) is 14.4. The van der Waals surface area contributed by atoms with E-state index in [1.54, 1.807) is 0 Å². The Morgan fingerprint density at radius 2 is 2.06 bits per heavy atom. The Hall–Kier alpha value is -1.04. The molecule has 2 unspecified atom stereocenters. The van der Waals surface area contributed by atoms with Gasteiger partial charge in [-0.2, -0.15) is 12.6 Å². The van der Waals surface area contributed by atoms with Crippen LogP contribution in [0.15, 0.2) is 18.2 Å². The van der Waals surface area contributed by atoms with Crippen molar-refractivity contribution in [1.29, 1.82) is 0 Å². The van der Waals surface area contributed by atoms with Crippen LogP contribution in [0.25, 0.3) is 0 Å². The maximum Gasteiger partial charge on any atom is 0.163 e. The van der Waals surface area contributed by atoms with E-state index >= 15 is 0 Å². The number of benzene rings is 1. The van der Waals surface area contributed by atoms with E-state index in [9.17, 15) is 20.1 Å². The number of aliphatic hydroxyl groups is 2. The minimum atomic E-state index is -1.09. The highest BCUT2D eigenvalue weighted by Crippen LogP contribution is 2.26. The van der Waals surface area contributed by atoms with Gasteiger partial charge >= 0.3 is 0 Å². The number of aromatic hydroxyl groups is 1. The molecular formula is C12H16O4S. The van der Waals surface area contributed by atoms with Crippen LogP contribution in [0, 0.1) is 0 Å². The average Bonchev–Trinajstić information content (AvgIpc) is 2.27. The molecule has 0 aliphatic heterocycles. The van der Waals surface area contributed by atoms with Crippen molar-refractivity contribution in [2.45, 2.75) is 25.6 Å². The topological polar surface area (TPSA) is 77.8 Å². The number of phenolic OH excluding ortho intramolecular Hbond substituents is 1. The van der Waals surface area contributed by atoms with Gasteiger partial charge in [0.1, 0.15) is 11.9 Å². The Kier molecular flexibility index (Phi) is 4.99. The van der Waals surface area contributed by atoms with E-state index in [0.717, 1.165) is 0 Å². The fourth-order valence-electron chi connectivity index (χ4n) is 1.54. The molecule has 0 aliphatic rings. The number of hydrogen-bond acceptors (Lipinski definition) is 5. The number of carbonyl (C=O) groups excluding carboxylic acids is 1. The molecule has 1 aromatic carbocycles. The predicted molar refractivity (Wildman–Crippen MR) is 67.5 cm³/mol. The third kappa shape index (κ3) is 3.46. The van der Waals surface area contributed by atoms with Gasteiger partial charge in [0.15, 0.2) is 5.78 Å². The molecule has 3 N–H and O–H groups in total. The lowest BCUT2D eigenvalue weighted by Gasteiger charge is -2.17. The quantitative estimate of drug-likeness (QED) is 0.473. The second-order valence-corrected chi connectivity index (χ2v) is 4.30. The Morgan fingerprint density at radius 1 is 1.41 bits per heavy atom. The number of aliphatic hydroxyl groups excluding tert-OH is 2. The van der Waals surface area contributed by atoms with Crippen LogP contribution in [0.5, 0.6) is 5.75 Å². The standard InChI is InChI=1S/C12H16O4S/c1-7(13)9-3-2-8(6-11(9)15)12(16)10(14)4-5-17/h2-3,6,10,12,14-17H,4-5H2,1H3. The second kappa shape index (κ2) is 6.05. The Labute approximate surface area is 105 Å². The lowest BCUT2D eigenvalue weighted by Crippen LogP contribution is -2.18. The van der Waals surface area contributed by atoms with E-state index in [1.807, 2.05) is 0 Å². The molecule has 0 amide bonds. The van der Waals surface area contributed by atoms with E-state index < -0.39 is 12.2 Å². The van der Waals surface area contributed by atoms with Crippen LogP contribution in [-0.4, -0.2) is 33.0 Å². The number of hydrogen-bond donors (Lipinski definition) is 4. The number of carbonyl (C=O) groups is 1. The Balaban J connectivity index is 2.93. The number of thiol groups is 1. The summed E-state index contributed by atoms with van der Waals surface area (Å²) in [7, 11) is 0. The Morgan fingerprint density at radius 3 is 2.53 bits per heavy atom. The van der Waals surface area contributed by atoms with Crippen LogP contribution in [0.4, 0.5) is 0 Å². The van der Waals surface area contributed by atoms with Crippen LogP contribution < -0.4 is 0 Å². The molecule has 0 spiro atoms. The van der Waals surface area contributed by atoms with Crippen molar-refractivity contribution in [1.82, 2.24) is 0 Å². The number of Topliss-reactive ketones (excluding diaryl/α,β-unsaturated/α-hetero) is 1. The molecule has 0 saturated carbocycles. The molecule has 1 rings (SSSR count). The number of rotatable bonds is 5. The molecule has 4 nitrogen and oxygen atoms in total. The van der Waals surface area contributed by atoms with E-state index in [0.29, 0.717) is 17.7 Å². The van der Waals surface area contributed by atoms with Crippen LogP contribution in [0.2, 0.25) is 0 Å². The first kappa shape index (κ1) is 14.0. The third-order valence-electron chi connectivity index (χ3n) is 2.53. The summed E-state index contributed by atoms with van der Waals surface area (Å²) < 4.78 is 0. The Bertz CT molecular complexity index is 405. The molecule has 0 saturated heterocycles. The van der Waals surface area contributed by atoms with Gasteiger partial charge in [0.05, 0.1) is 11.7 Å². The van der Waals surface area contributed by atoms with Crippen LogP contribution >= 0.6 is 12.6 Å². The minimum Gasteiger partial charge on any atom is -0.507 e. The maximum atomic E-state index is 11.1. The highest BCUT2D eigenvalue weighted by atomic mass is 32.1. The minimum absolute atomic E-state index is 0.188. The first-order valence-corrected chi connectivity index (χ1v) is 5.91. The summed E-state index contributed by atoms with van der Waals surface area (Å²) in [5, 5.41) is 29.0. The first-order chi connectivity index (χ1) is 7.97. The number of ketones is 1. The highest BCUT2D eigenvalue weighted by Gasteiger charge is 2.19. The van der Waals surface area contributed by atoms with Gasteiger partial charge in [0.2, 0.25) is 0 Å². The number of phenols is 1. The SMILES string of the molecule is CC(=O)c1ccc(C(O)C(O)CCS)cc1O. The van der Waals surface area contributed by atoms with E-state index in [1.165, 1.54) is 25.1 Å². The van der Waals surface area contributed by atoms with Crippen LogP contribution in [0.3, 0.4) is 0 Å². The summed E-state index contributed by atoms with van der Waals surface area (Å²) in [5.74, 6) is 0.0157. The first-order valence-electron chi connectivity index (χ1n) is 5.28. The van der Waals surface area contributed by atoms with Crippen LogP contribution in [0.1, 0.15) is 35.4 Å². The molecule has 1 aromatic rings. The monoisotopic (exact) mass is 256 g/mol. The zero-order valence-corrected chi connectivity index (χ0v) is 10.4. The van der Waals surface area contributed by atoms with E-state index in [2.05, 4.69) is 12.6 Å². The smallest absolute Gasteiger partial charge is 0.163 e. The van der Waals surface area contributed by atoms with Crippen molar-refractivity contribution in [2.24, 2.45) is 0 Å². The van der Waals surface area contributed by atoms with Gasteiger partial charge in [0, 0.05) is 0 Å². The zero-order chi connectivity index (χ0) is 13.0. The van der Waals surface area contributed by atoms with E-state index in [4.69, 9.17) is 0 Å². The predicted octanol–water partition coefficient (Wildman–Crippen LogP) is 1.31. The average molecular weight is 256 g/mol. The molecule has 0 bridgehead atoms. The zero-order valence-electron chi connectivity index (χ0n) is 9.50. The molecule has 5 heteroatoms. The molecule has 0 radical (unpaired) electrons. The van der Waals surface area contributed by atoms with Crippen molar-refractivity contribution in [2.75, 3.05) is 5.75 Å². The summed E-state index contributed by atoms with van der Waals surface area (Å²) >= 11 is 3.97. The summed E-state index contributed by atoms with van der Waals surface area (Å²) in [6.07, 6.45) is -1.68. The molecule has 17 heavy (non-hydrogen) atoms. The van der Waals surface area contributed by atoms with Gasteiger partial charge in [-0.25, -0.2) is 0 Å². The van der Waals surface area contributed by atoms with Crippen molar-refractivity contribution < 1.29 is 20.1 Å². The largest absolute Gasteiger partial charge is 0.507 e. The fourth-order valence-corrected chi connectivity index (χ4v) is 1.81. The van der Waals surface area contributed by atoms with Gasteiger partial charge in [-0.3, -0.25) is 4.79 Å². The molecule has 94 valence electrons. The van der Waals surface area contributed by atoms with Gasteiger partial charge in [0.25, 0.3) is 0 Å². The lowest BCUT2D eigenvalue weighted by molar-refractivity contribution is 0.0171. The molecule has 0 heterocycles.